The number of aryl methyl sites for hydroxylation is 2. The third kappa shape index (κ3) is 3.01. The number of nitrogens with two attached hydrogens (primary N) is 1. The Morgan fingerprint density at radius 2 is 2.19 bits per heavy atom. The van der Waals surface area contributed by atoms with E-state index in [1.807, 2.05) is 24.3 Å². The quantitative estimate of drug-likeness (QED) is 0.718. The predicted octanol–water partition coefficient (Wildman–Crippen LogP) is 4.36. The SMILES string of the molecule is CCc1ccc(-c2noc(N)c2C(=O)NC2CCCc3ccccc32)s1. The van der Waals surface area contributed by atoms with Crippen LogP contribution in [0, 0.1) is 0 Å². The summed E-state index contributed by atoms with van der Waals surface area (Å²) in [4.78, 5) is 15.1. The molecule has 0 saturated carbocycles. The molecule has 1 amide bonds. The minimum absolute atomic E-state index is 0.0101. The van der Waals surface area contributed by atoms with Crippen LogP contribution >= 0.6 is 11.3 Å². The van der Waals surface area contributed by atoms with E-state index >= 15 is 0 Å². The first kappa shape index (κ1) is 16.8. The van der Waals surface area contributed by atoms with Gasteiger partial charge >= 0.3 is 0 Å². The summed E-state index contributed by atoms with van der Waals surface area (Å²) in [6.45, 7) is 2.10. The van der Waals surface area contributed by atoms with E-state index in [1.54, 1.807) is 11.3 Å². The van der Waals surface area contributed by atoms with Crippen LogP contribution in [0.25, 0.3) is 10.6 Å². The Morgan fingerprint density at radius 1 is 1.35 bits per heavy atom. The van der Waals surface area contributed by atoms with E-state index in [0.29, 0.717) is 11.3 Å². The first-order chi connectivity index (χ1) is 12.7. The first-order valence-electron chi connectivity index (χ1n) is 8.90. The summed E-state index contributed by atoms with van der Waals surface area (Å²) in [5, 5.41) is 7.18. The number of rotatable bonds is 4. The van der Waals surface area contributed by atoms with Gasteiger partial charge in [0.25, 0.3) is 5.91 Å². The average molecular weight is 367 g/mol. The van der Waals surface area contributed by atoms with Gasteiger partial charge < -0.3 is 15.6 Å². The largest absolute Gasteiger partial charge is 0.367 e. The van der Waals surface area contributed by atoms with E-state index < -0.39 is 0 Å². The number of hydrogen-bond donors (Lipinski definition) is 2. The van der Waals surface area contributed by atoms with E-state index in [-0.39, 0.29) is 17.8 Å². The Hall–Kier alpha value is -2.60. The maximum absolute atomic E-state index is 13.0. The molecule has 26 heavy (non-hydrogen) atoms. The number of nitrogen functional groups attached to an aromatic ring is 1. The average Bonchev–Trinajstić information content (AvgIpc) is 3.28. The van der Waals surface area contributed by atoms with Gasteiger partial charge in [0.05, 0.1) is 10.9 Å². The van der Waals surface area contributed by atoms with Gasteiger partial charge in [-0.05, 0) is 48.9 Å². The lowest BCUT2D eigenvalue weighted by Crippen LogP contribution is -2.31. The van der Waals surface area contributed by atoms with Crippen molar-refractivity contribution < 1.29 is 9.32 Å². The standard InChI is InChI=1S/C20H21N3O2S/c1-2-13-10-11-16(26-13)18-17(19(21)25-23-18)20(24)22-15-9-5-7-12-6-3-4-8-14(12)15/h3-4,6,8,10-11,15H,2,5,7,9,21H2,1H3,(H,22,24). The Kier molecular flexibility index (Phi) is 4.51. The van der Waals surface area contributed by atoms with E-state index in [1.165, 1.54) is 16.0 Å². The lowest BCUT2D eigenvalue weighted by atomic mass is 9.87. The fourth-order valence-corrected chi connectivity index (χ4v) is 4.45. The van der Waals surface area contributed by atoms with Crippen molar-refractivity contribution in [2.24, 2.45) is 0 Å². The van der Waals surface area contributed by atoms with E-state index in [0.717, 1.165) is 30.6 Å². The summed E-state index contributed by atoms with van der Waals surface area (Å²) in [7, 11) is 0. The molecule has 4 rings (SSSR count). The molecule has 1 aliphatic carbocycles. The van der Waals surface area contributed by atoms with Gasteiger partial charge in [0.1, 0.15) is 11.3 Å². The van der Waals surface area contributed by atoms with Gasteiger partial charge in [0, 0.05) is 4.88 Å². The van der Waals surface area contributed by atoms with E-state index in [2.05, 4.69) is 29.5 Å². The maximum atomic E-state index is 13.0. The third-order valence-electron chi connectivity index (χ3n) is 4.86. The van der Waals surface area contributed by atoms with Crippen LogP contribution in [-0.4, -0.2) is 11.1 Å². The molecular formula is C20H21N3O2S. The number of amides is 1. The van der Waals surface area contributed by atoms with Crippen molar-refractivity contribution in [2.45, 2.75) is 38.6 Å². The van der Waals surface area contributed by atoms with Crippen molar-refractivity contribution >= 4 is 23.1 Å². The molecule has 0 spiro atoms. The molecule has 3 aromatic rings. The van der Waals surface area contributed by atoms with Crippen molar-refractivity contribution in [3.8, 4) is 10.6 Å². The number of carbonyl (C=O) groups excluding carboxylic acids is 1. The highest BCUT2D eigenvalue weighted by molar-refractivity contribution is 7.15. The highest BCUT2D eigenvalue weighted by Crippen LogP contribution is 2.34. The molecule has 2 heterocycles. The molecule has 1 unspecified atom stereocenters. The molecule has 1 aromatic carbocycles. The summed E-state index contributed by atoms with van der Waals surface area (Å²) in [5.74, 6) is -0.167. The van der Waals surface area contributed by atoms with Crippen molar-refractivity contribution in [3.63, 3.8) is 0 Å². The molecule has 1 aliphatic rings. The normalized spacial score (nSPS) is 16.3. The molecule has 6 heteroatoms. The second-order valence-electron chi connectivity index (χ2n) is 6.51. The van der Waals surface area contributed by atoms with Crippen LogP contribution in [0.2, 0.25) is 0 Å². The number of aromatic nitrogens is 1. The maximum Gasteiger partial charge on any atom is 0.259 e. The van der Waals surface area contributed by atoms with Crippen LogP contribution in [0.5, 0.6) is 0 Å². The zero-order valence-electron chi connectivity index (χ0n) is 14.6. The van der Waals surface area contributed by atoms with E-state index in [4.69, 9.17) is 10.3 Å². The summed E-state index contributed by atoms with van der Waals surface area (Å²) in [5.41, 5.74) is 9.27. The number of thiophene rings is 1. The van der Waals surface area contributed by atoms with E-state index in [9.17, 15) is 4.79 Å². The fourth-order valence-electron chi connectivity index (χ4n) is 3.52. The van der Waals surface area contributed by atoms with Crippen molar-refractivity contribution in [2.75, 3.05) is 5.73 Å². The topological polar surface area (TPSA) is 81.2 Å². The number of nitrogens with one attached hydrogen (secondary N) is 1. The molecule has 1 atom stereocenters. The Balaban J connectivity index is 1.63. The molecule has 3 N–H and O–H groups in total. The Morgan fingerprint density at radius 3 is 3.00 bits per heavy atom. The van der Waals surface area contributed by atoms with Crippen LogP contribution in [0.4, 0.5) is 5.88 Å². The number of fused-ring (bicyclic) bond motifs is 1. The van der Waals surface area contributed by atoms with Crippen molar-refractivity contribution in [1.82, 2.24) is 10.5 Å². The first-order valence-corrected chi connectivity index (χ1v) is 9.72. The highest BCUT2D eigenvalue weighted by atomic mass is 32.1. The number of hydrogen-bond acceptors (Lipinski definition) is 5. The van der Waals surface area contributed by atoms with Crippen molar-refractivity contribution in [3.05, 3.63) is 58.0 Å². The van der Waals surface area contributed by atoms with Crippen LogP contribution in [0.1, 0.15) is 52.2 Å². The molecule has 0 aliphatic heterocycles. The van der Waals surface area contributed by atoms with Crippen LogP contribution < -0.4 is 11.1 Å². The molecule has 2 aromatic heterocycles. The summed E-state index contributed by atoms with van der Waals surface area (Å²) >= 11 is 1.61. The van der Waals surface area contributed by atoms with Crippen LogP contribution in [-0.2, 0) is 12.8 Å². The molecule has 0 saturated heterocycles. The Labute approximate surface area is 156 Å². The van der Waals surface area contributed by atoms with Crippen LogP contribution in [0.15, 0.2) is 40.9 Å². The highest BCUT2D eigenvalue weighted by Gasteiger charge is 2.27. The summed E-state index contributed by atoms with van der Waals surface area (Å²) in [6.07, 6.45) is 3.97. The number of carbonyl (C=O) groups is 1. The number of benzene rings is 1. The predicted molar refractivity (Wildman–Crippen MR) is 103 cm³/mol. The van der Waals surface area contributed by atoms with Gasteiger partial charge in [-0.1, -0.05) is 36.3 Å². The molecule has 0 radical (unpaired) electrons. The zero-order chi connectivity index (χ0) is 18.1. The second-order valence-corrected chi connectivity index (χ2v) is 7.68. The molecular weight excluding hydrogens is 346 g/mol. The van der Waals surface area contributed by atoms with Gasteiger partial charge in [-0.25, -0.2) is 0 Å². The zero-order valence-corrected chi connectivity index (χ0v) is 15.4. The second kappa shape index (κ2) is 6.96. The lowest BCUT2D eigenvalue weighted by molar-refractivity contribution is 0.0934. The monoisotopic (exact) mass is 367 g/mol. The van der Waals surface area contributed by atoms with Crippen molar-refractivity contribution in [1.29, 1.82) is 0 Å². The van der Waals surface area contributed by atoms with Gasteiger partial charge in [0.15, 0.2) is 0 Å². The minimum atomic E-state index is -0.230. The van der Waals surface area contributed by atoms with Crippen LogP contribution in [0.3, 0.4) is 0 Å². The third-order valence-corrected chi connectivity index (χ3v) is 6.10. The lowest BCUT2D eigenvalue weighted by Gasteiger charge is -2.26. The molecule has 0 fully saturated rings. The summed E-state index contributed by atoms with van der Waals surface area (Å²) in [6, 6.07) is 12.3. The van der Waals surface area contributed by atoms with Gasteiger partial charge in [-0.2, -0.15) is 0 Å². The number of nitrogens with zero attached hydrogens (tertiary/aromatic N) is 1. The van der Waals surface area contributed by atoms with Gasteiger partial charge in [-0.3, -0.25) is 4.79 Å². The smallest absolute Gasteiger partial charge is 0.259 e. The molecule has 0 bridgehead atoms. The molecule has 134 valence electrons. The number of anilines is 1. The fraction of sp³-hybridized carbons (Fsp3) is 0.300. The minimum Gasteiger partial charge on any atom is -0.367 e. The van der Waals surface area contributed by atoms with Gasteiger partial charge in [0.2, 0.25) is 5.88 Å². The Bertz CT molecular complexity index is 944. The summed E-state index contributed by atoms with van der Waals surface area (Å²) < 4.78 is 5.15. The molecule has 5 nitrogen and oxygen atoms in total. The van der Waals surface area contributed by atoms with Gasteiger partial charge in [-0.15, -0.1) is 11.3 Å².